The molecule has 0 aliphatic carbocycles. The van der Waals surface area contributed by atoms with E-state index in [1.807, 2.05) is 0 Å². The van der Waals surface area contributed by atoms with Gasteiger partial charge < -0.3 is 118 Å². The summed E-state index contributed by atoms with van der Waals surface area (Å²) in [5.41, 5.74) is 0. The van der Waals surface area contributed by atoms with E-state index in [2.05, 4.69) is 0 Å². The minimum Gasteiger partial charge on any atom is -0.479 e. The number of hydrogen-bond donors (Lipinski definition) is 13. The zero-order valence-corrected chi connectivity index (χ0v) is 33.3. The Morgan fingerprint density at radius 1 is 0.365 bits per heavy atom. The van der Waals surface area contributed by atoms with Crippen LogP contribution in [0.5, 0.6) is 0 Å². The van der Waals surface area contributed by atoms with Crippen molar-refractivity contribution < 1.29 is 142 Å². The van der Waals surface area contributed by atoms with E-state index in [9.17, 15) is 90.4 Å². The zero-order chi connectivity index (χ0) is 47.1. The Bertz CT molecular complexity index is 1630. The van der Waals surface area contributed by atoms with Crippen LogP contribution >= 0.6 is 0 Å². The molecule has 5 saturated heterocycles. The minimum absolute atomic E-state index is 0.812. The second-order valence-corrected chi connectivity index (χ2v) is 15.2. The third kappa shape index (κ3) is 10.7. The van der Waals surface area contributed by atoms with E-state index in [0.29, 0.717) is 0 Å². The van der Waals surface area contributed by atoms with Gasteiger partial charge in [-0.25, -0.2) is 14.4 Å². The summed E-state index contributed by atoms with van der Waals surface area (Å²) in [6.45, 7) is 4.08. The van der Waals surface area contributed by atoms with Crippen LogP contribution in [0.2, 0.25) is 0 Å². The van der Waals surface area contributed by atoms with Crippen LogP contribution in [0.4, 0.5) is 0 Å². The summed E-state index contributed by atoms with van der Waals surface area (Å²) in [6, 6.07) is 0. The molecule has 0 saturated carbocycles. The molecular weight excluding hydrogens is 872 g/mol. The smallest absolute Gasteiger partial charge is 0.335 e. The highest BCUT2D eigenvalue weighted by Crippen LogP contribution is 2.37. The highest BCUT2D eigenvalue weighted by atomic mass is 16.8. The second kappa shape index (κ2) is 20.4. The van der Waals surface area contributed by atoms with Gasteiger partial charge in [0.05, 0.1) is 12.2 Å². The summed E-state index contributed by atoms with van der Waals surface area (Å²) in [4.78, 5) is 61.1. The average Bonchev–Trinajstić information content (AvgIpc) is 3.19. The maximum atomic E-state index is 12.8. The molecular formula is C34H50O29. The molecule has 5 aliphatic rings. The number of carbonyl (C=O) groups excluding carboxylic acids is 2. The first-order chi connectivity index (χ1) is 29.3. The predicted molar refractivity (Wildman–Crippen MR) is 184 cm³/mol. The summed E-state index contributed by atoms with van der Waals surface area (Å²) < 4.78 is 59.9. The van der Waals surface area contributed by atoms with Crippen LogP contribution < -0.4 is 0 Å². The number of aliphatic carboxylic acids is 3. The number of carboxylic acid groups (broad SMARTS) is 3. The van der Waals surface area contributed by atoms with Crippen molar-refractivity contribution in [3.63, 3.8) is 0 Å². The molecule has 5 heterocycles. The van der Waals surface area contributed by atoms with Crippen molar-refractivity contribution in [2.45, 2.75) is 181 Å². The molecule has 29 heteroatoms. The summed E-state index contributed by atoms with van der Waals surface area (Å²) in [7, 11) is 0. The lowest BCUT2D eigenvalue weighted by atomic mass is 9.95. The molecule has 5 fully saturated rings. The largest absolute Gasteiger partial charge is 0.479 e. The Morgan fingerprint density at radius 3 is 1.14 bits per heavy atom. The van der Waals surface area contributed by atoms with Crippen LogP contribution in [0.25, 0.3) is 0 Å². The van der Waals surface area contributed by atoms with Crippen molar-refractivity contribution in [3.05, 3.63) is 0 Å². The molecule has 0 radical (unpaired) electrons. The van der Waals surface area contributed by atoms with E-state index in [1.165, 1.54) is 13.8 Å². The minimum atomic E-state index is -2.44. The maximum Gasteiger partial charge on any atom is 0.335 e. The van der Waals surface area contributed by atoms with Gasteiger partial charge in [-0.05, 0) is 13.8 Å². The molecule has 63 heavy (non-hydrogen) atoms. The van der Waals surface area contributed by atoms with Crippen LogP contribution in [0.3, 0.4) is 0 Å². The van der Waals surface area contributed by atoms with Gasteiger partial charge in [0, 0.05) is 13.8 Å². The first-order valence-electron chi connectivity index (χ1n) is 19.1. The van der Waals surface area contributed by atoms with Crippen LogP contribution in [0.1, 0.15) is 27.7 Å². The lowest BCUT2D eigenvalue weighted by Crippen LogP contribution is -2.69. The van der Waals surface area contributed by atoms with Gasteiger partial charge in [0.2, 0.25) is 0 Å². The van der Waals surface area contributed by atoms with E-state index >= 15 is 0 Å². The van der Waals surface area contributed by atoms with E-state index in [1.54, 1.807) is 0 Å². The van der Waals surface area contributed by atoms with Gasteiger partial charge in [-0.1, -0.05) is 0 Å². The molecule has 0 unspecified atom stereocenters. The van der Waals surface area contributed by atoms with Crippen LogP contribution in [-0.4, -0.2) is 250 Å². The number of carbonyl (C=O) groups is 5. The third-order valence-electron chi connectivity index (χ3n) is 10.7. The first-order valence-corrected chi connectivity index (χ1v) is 19.1. The molecule has 0 amide bonds. The topological polar surface area (TPSA) is 450 Å². The Hall–Kier alpha value is -3.41. The highest BCUT2D eigenvalue weighted by molar-refractivity contribution is 5.75. The molecule has 0 aromatic heterocycles. The number of esters is 2. The number of aliphatic hydroxyl groups excluding tert-OH is 10. The quantitative estimate of drug-likeness (QED) is 0.0763. The Kier molecular flexibility index (Phi) is 16.4. The lowest BCUT2D eigenvalue weighted by molar-refractivity contribution is -0.396. The number of carboxylic acids is 3. The molecule has 0 spiro atoms. The molecule has 0 bridgehead atoms. The van der Waals surface area contributed by atoms with Crippen molar-refractivity contribution in [2.75, 3.05) is 0 Å². The average molecular weight is 923 g/mol. The normalized spacial score (nSPS) is 48.1. The SMILES string of the molecule is CC(=O)O[C@@H]1[C@@H](O)[C@H](O)O[C@H](C(=O)O)[C@@H]1O[C@@H]1O[C@@H](C)[C@H](O)[C@@H](O)[C@H]1O[C@H]1O[C@H](C(=O)O)[C@H](O[C@@H]2O[C@@H](C)[C@H](O)[C@@H](O)[C@H]2O[C@H]2O[C@H](C(=O)O)[C@H](O)[C@H](O)[C@H]2O)[C@H](OC(C)=O)[C@H]1O. The summed E-state index contributed by atoms with van der Waals surface area (Å²) >= 11 is 0. The highest BCUT2D eigenvalue weighted by Gasteiger charge is 2.59. The monoisotopic (exact) mass is 922 g/mol. The van der Waals surface area contributed by atoms with Crippen LogP contribution in [0, 0.1) is 0 Å². The molecule has 0 aromatic rings. The van der Waals surface area contributed by atoms with Gasteiger partial charge in [-0.3, -0.25) is 9.59 Å². The zero-order valence-electron chi connectivity index (χ0n) is 33.3. The number of hydrogen-bond acceptors (Lipinski definition) is 26. The van der Waals surface area contributed by atoms with E-state index in [4.69, 9.17) is 52.1 Å². The van der Waals surface area contributed by atoms with Crippen molar-refractivity contribution in [2.24, 2.45) is 0 Å². The van der Waals surface area contributed by atoms with Gasteiger partial charge in [0.25, 0.3) is 0 Å². The molecule has 5 rings (SSSR count). The molecule has 13 N–H and O–H groups in total. The van der Waals surface area contributed by atoms with Crippen molar-refractivity contribution in [3.8, 4) is 0 Å². The van der Waals surface area contributed by atoms with E-state index in [-0.39, 0.29) is 0 Å². The van der Waals surface area contributed by atoms with Crippen molar-refractivity contribution >= 4 is 29.8 Å². The van der Waals surface area contributed by atoms with Crippen molar-refractivity contribution in [1.29, 1.82) is 0 Å². The van der Waals surface area contributed by atoms with Gasteiger partial charge in [-0.2, -0.15) is 0 Å². The Morgan fingerprint density at radius 2 is 0.730 bits per heavy atom. The first kappa shape index (κ1) is 50.6. The molecule has 25 atom stereocenters. The van der Waals surface area contributed by atoms with Crippen LogP contribution in [-0.2, 0) is 76.1 Å². The number of aliphatic hydroxyl groups is 10. The maximum absolute atomic E-state index is 12.8. The Labute approximate surface area is 353 Å². The summed E-state index contributed by atoms with van der Waals surface area (Å²) in [5, 5.41) is 137. The fraction of sp³-hybridized carbons (Fsp3) is 0.853. The van der Waals surface area contributed by atoms with Gasteiger partial charge in [0.15, 0.2) is 62.0 Å². The third-order valence-corrected chi connectivity index (χ3v) is 10.7. The molecule has 5 aliphatic heterocycles. The molecule has 29 nitrogen and oxygen atoms in total. The van der Waals surface area contributed by atoms with E-state index < -0.39 is 183 Å². The standard InChI is InChI=1S/C34H50O29/c1-5-9(37)12(40)21(59-31-15(43)11(39)14(42)20(58-31)27(46)47)33(53-5)62-24-19(56-8(4)36)17(45)32(63-26(24)29(50)51)60-22-13(41)10(38)6(2)54-34(22)61-23-18(55-7(3)35)16(44)30(52)57-25(23)28(48)49/h5-6,9-26,30-34,37-45,52H,1-4H3,(H,46,47)(H,48,49)(H,50,51)/t5-,6-,9-,10-,11-,12+,13+,14+,15+,16+,17+,18+,19+,20-,21+,22+,23+,24+,25-,26-,30+,31+,32-,33-,34-/m0/s1. The van der Waals surface area contributed by atoms with Crippen LogP contribution in [0.15, 0.2) is 0 Å². The fourth-order valence-electron chi connectivity index (χ4n) is 7.42. The predicted octanol–water partition coefficient (Wildman–Crippen LogP) is -8.45. The number of ether oxygens (including phenoxy) is 11. The second-order valence-electron chi connectivity index (χ2n) is 15.2. The van der Waals surface area contributed by atoms with Gasteiger partial charge in [-0.15, -0.1) is 0 Å². The fourth-order valence-corrected chi connectivity index (χ4v) is 7.42. The van der Waals surface area contributed by atoms with Gasteiger partial charge >= 0.3 is 29.8 Å². The summed E-state index contributed by atoms with van der Waals surface area (Å²) in [5.74, 6) is -7.90. The molecule has 0 aromatic carbocycles. The Balaban J connectivity index is 1.46. The lowest BCUT2D eigenvalue weighted by Gasteiger charge is -2.49. The van der Waals surface area contributed by atoms with Gasteiger partial charge in [0.1, 0.15) is 79.4 Å². The number of rotatable bonds is 13. The van der Waals surface area contributed by atoms with Crippen molar-refractivity contribution in [1.82, 2.24) is 0 Å². The summed E-state index contributed by atoms with van der Waals surface area (Å²) in [6.07, 6.45) is -52.6. The van der Waals surface area contributed by atoms with E-state index in [0.717, 1.165) is 13.8 Å². The molecule has 360 valence electrons.